The molecule has 0 amide bonds. The summed E-state index contributed by atoms with van der Waals surface area (Å²) in [6.07, 6.45) is 6.31. The number of hydrogen-bond donors (Lipinski definition) is 1. The molecule has 4 nitrogen and oxygen atoms in total. The van der Waals surface area contributed by atoms with Crippen LogP contribution in [-0.2, 0) is 11.3 Å². The summed E-state index contributed by atoms with van der Waals surface area (Å²) in [4.78, 5) is 4.75. The van der Waals surface area contributed by atoms with E-state index in [4.69, 9.17) is 15.0 Å². The molecule has 1 aromatic carbocycles. The van der Waals surface area contributed by atoms with E-state index < -0.39 is 5.82 Å². The monoisotopic (exact) mass is 325 g/mol. The van der Waals surface area contributed by atoms with Crippen LogP contribution in [0.1, 0.15) is 36.8 Å². The molecule has 1 saturated carbocycles. The van der Waals surface area contributed by atoms with Crippen LogP contribution in [0.5, 0.6) is 0 Å². The van der Waals surface area contributed by atoms with Crippen LogP contribution in [0.3, 0.4) is 0 Å². The fraction of sp³-hybridized carbons (Fsp3) is 0.474. The molecular formula is C19H20FN3O. The standard InChI is InChI=1S/C19H20FN3O/c20-16-8-13(10-21)4-5-14(16)12-24-18-3-1-2-17(23-18)19-6-7-22-11-15(19)9-19/h2,4-5,8,15,22H,1,3,6-7,9,11-12H2. The summed E-state index contributed by atoms with van der Waals surface area (Å²) in [6, 6.07) is 6.40. The maximum atomic E-state index is 13.9. The van der Waals surface area contributed by atoms with E-state index in [2.05, 4.69) is 11.4 Å². The fourth-order valence-electron chi connectivity index (χ4n) is 3.87. The van der Waals surface area contributed by atoms with Gasteiger partial charge in [-0.1, -0.05) is 12.1 Å². The smallest absolute Gasteiger partial charge is 0.188 e. The maximum Gasteiger partial charge on any atom is 0.188 e. The molecule has 5 heteroatoms. The highest BCUT2D eigenvalue weighted by Gasteiger charge is 2.57. The van der Waals surface area contributed by atoms with Gasteiger partial charge in [0.15, 0.2) is 5.90 Å². The van der Waals surface area contributed by atoms with Crippen LogP contribution in [0.2, 0.25) is 0 Å². The van der Waals surface area contributed by atoms with Crippen LogP contribution < -0.4 is 5.32 Å². The third-order valence-corrected chi connectivity index (χ3v) is 5.40. The lowest BCUT2D eigenvalue weighted by Crippen LogP contribution is -2.30. The van der Waals surface area contributed by atoms with Gasteiger partial charge in [0.25, 0.3) is 0 Å². The topological polar surface area (TPSA) is 57.4 Å². The van der Waals surface area contributed by atoms with E-state index in [1.54, 1.807) is 12.1 Å². The molecule has 24 heavy (non-hydrogen) atoms. The first kappa shape index (κ1) is 15.3. The quantitative estimate of drug-likeness (QED) is 0.928. The normalized spacial score (nSPS) is 28.2. The van der Waals surface area contributed by atoms with Crippen molar-refractivity contribution in [3.63, 3.8) is 0 Å². The molecule has 0 spiro atoms. The molecule has 0 radical (unpaired) electrons. The first-order valence-electron chi connectivity index (χ1n) is 8.51. The molecule has 4 rings (SSSR count). The number of ether oxygens (including phenoxy) is 1. The number of piperidine rings is 1. The second-order valence-corrected chi connectivity index (χ2v) is 6.85. The highest BCUT2D eigenvalue weighted by molar-refractivity contribution is 5.78. The van der Waals surface area contributed by atoms with Gasteiger partial charge < -0.3 is 10.1 Å². The molecular weight excluding hydrogens is 305 g/mol. The summed E-state index contributed by atoms with van der Waals surface area (Å²) in [5.41, 5.74) is 2.22. The van der Waals surface area contributed by atoms with Gasteiger partial charge in [0.1, 0.15) is 12.4 Å². The Bertz CT molecular complexity index is 764. The van der Waals surface area contributed by atoms with Crippen molar-refractivity contribution in [1.82, 2.24) is 5.32 Å². The van der Waals surface area contributed by atoms with Gasteiger partial charge in [0.2, 0.25) is 0 Å². The molecule has 2 fully saturated rings. The van der Waals surface area contributed by atoms with E-state index in [-0.39, 0.29) is 12.0 Å². The number of nitrogens with zero attached hydrogens (tertiary/aromatic N) is 2. The van der Waals surface area contributed by atoms with Crippen LogP contribution in [0.15, 0.2) is 35.0 Å². The molecule has 1 aliphatic carbocycles. The van der Waals surface area contributed by atoms with Gasteiger partial charge in [-0.15, -0.1) is 0 Å². The number of nitriles is 1. The number of aliphatic imine (C=N–C) groups is 1. The van der Waals surface area contributed by atoms with Crippen LogP contribution in [0.25, 0.3) is 0 Å². The van der Waals surface area contributed by atoms with E-state index >= 15 is 0 Å². The highest BCUT2D eigenvalue weighted by Crippen LogP contribution is 2.62. The number of benzene rings is 1. The molecule has 124 valence electrons. The molecule has 2 unspecified atom stereocenters. The Morgan fingerprint density at radius 2 is 2.38 bits per heavy atom. The predicted octanol–water partition coefficient (Wildman–Crippen LogP) is 3.29. The fourth-order valence-corrected chi connectivity index (χ4v) is 3.87. The predicted molar refractivity (Wildman–Crippen MR) is 88.7 cm³/mol. The number of nitrogens with one attached hydrogen (secondary N) is 1. The minimum absolute atomic E-state index is 0.154. The summed E-state index contributed by atoms with van der Waals surface area (Å²) >= 11 is 0. The van der Waals surface area contributed by atoms with Crippen molar-refractivity contribution in [1.29, 1.82) is 5.26 Å². The Kier molecular flexibility index (Phi) is 3.85. The van der Waals surface area contributed by atoms with Crippen LogP contribution in [0, 0.1) is 28.5 Å². The van der Waals surface area contributed by atoms with Gasteiger partial charge in [-0.2, -0.15) is 5.26 Å². The van der Waals surface area contributed by atoms with Gasteiger partial charge in [-0.3, -0.25) is 0 Å². The van der Waals surface area contributed by atoms with E-state index in [1.807, 2.05) is 6.07 Å². The Labute approximate surface area is 141 Å². The SMILES string of the molecule is N#Cc1ccc(COC2=NC(C34CCNCC3C4)=CCC2)c(F)c1. The summed E-state index contributed by atoms with van der Waals surface area (Å²) < 4.78 is 19.7. The molecule has 2 aliphatic heterocycles. The van der Waals surface area contributed by atoms with Crippen molar-refractivity contribution in [2.75, 3.05) is 13.1 Å². The number of hydrogen-bond acceptors (Lipinski definition) is 4. The molecule has 2 atom stereocenters. The number of halogens is 1. The second-order valence-electron chi connectivity index (χ2n) is 6.85. The number of rotatable bonds is 3. The average molecular weight is 325 g/mol. The van der Waals surface area contributed by atoms with Crippen molar-refractivity contribution in [3.05, 3.63) is 46.9 Å². The summed E-state index contributed by atoms with van der Waals surface area (Å²) in [6.45, 7) is 2.29. The van der Waals surface area contributed by atoms with Crippen LogP contribution >= 0.6 is 0 Å². The molecule has 3 aliphatic rings. The van der Waals surface area contributed by atoms with Gasteiger partial charge >= 0.3 is 0 Å². The molecule has 0 aromatic heterocycles. The zero-order valence-electron chi connectivity index (χ0n) is 13.5. The first-order valence-corrected chi connectivity index (χ1v) is 8.51. The van der Waals surface area contributed by atoms with E-state index in [0.29, 0.717) is 22.9 Å². The molecule has 1 saturated heterocycles. The molecule has 2 heterocycles. The third kappa shape index (κ3) is 2.71. The number of allylic oxidation sites excluding steroid dienone is 2. The largest absolute Gasteiger partial charge is 0.476 e. The minimum atomic E-state index is -0.402. The summed E-state index contributed by atoms with van der Waals surface area (Å²) in [5.74, 6) is 1.01. The summed E-state index contributed by atoms with van der Waals surface area (Å²) in [7, 11) is 0. The van der Waals surface area contributed by atoms with Gasteiger partial charge in [0, 0.05) is 23.1 Å². The van der Waals surface area contributed by atoms with Crippen molar-refractivity contribution < 1.29 is 9.13 Å². The van der Waals surface area contributed by atoms with Gasteiger partial charge in [-0.05, 0) is 50.4 Å². The van der Waals surface area contributed by atoms with Gasteiger partial charge in [-0.25, -0.2) is 9.38 Å². The number of fused-ring (bicyclic) bond motifs is 1. The molecule has 1 N–H and O–H groups in total. The van der Waals surface area contributed by atoms with Crippen molar-refractivity contribution in [2.24, 2.45) is 16.3 Å². The minimum Gasteiger partial charge on any atom is -0.476 e. The maximum absolute atomic E-state index is 13.9. The Morgan fingerprint density at radius 3 is 3.17 bits per heavy atom. The zero-order valence-corrected chi connectivity index (χ0v) is 13.5. The molecule has 0 bridgehead atoms. The Hall–Kier alpha value is -2.19. The third-order valence-electron chi connectivity index (χ3n) is 5.40. The zero-order chi connectivity index (χ0) is 16.6. The molecule has 1 aromatic rings. The summed E-state index contributed by atoms with van der Waals surface area (Å²) in [5, 5.41) is 12.2. The van der Waals surface area contributed by atoms with E-state index in [9.17, 15) is 4.39 Å². The van der Waals surface area contributed by atoms with E-state index in [0.717, 1.165) is 32.4 Å². The van der Waals surface area contributed by atoms with E-state index in [1.165, 1.54) is 18.2 Å². The average Bonchev–Trinajstić information content (AvgIpc) is 3.37. The first-order chi connectivity index (χ1) is 11.7. The van der Waals surface area contributed by atoms with Crippen molar-refractivity contribution in [2.45, 2.75) is 32.3 Å². The Balaban J connectivity index is 1.44. The van der Waals surface area contributed by atoms with Crippen LogP contribution in [-0.4, -0.2) is 19.0 Å². The highest BCUT2D eigenvalue weighted by atomic mass is 19.1. The Morgan fingerprint density at radius 1 is 1.46 bits per heavy atom. The van der Waals surface area contributed by atoms with Crippen molar-refractivity contribution >= 4 is 5.90 Å². The lowest BCUT2D eigenvalue weighted by molar-refractivity contribution is 0.274. The van der Waals surface area contributed by atoms with Crippen LogP contribution in [0.4, 0.5) is 4.39 Å². The lowest BCUT2D eigenvalue weighted by Gasteiger charge is -2.25. The van der Waals surface area contributed by atoms with Crippen molar-refractivity contribution in [3.8, 4) is 6.07 Å². The second kappa shape index (κ2) is 6.03. The van der Waals surface area contributed by atoms with Gasteiger partial charge in [0.05, 0.1) is 11.6 Å². The lowest BCUT2D eigenvalue weighted by atomic mass is 9.90.